The van der Waals surface area contributed by atoms with E-state index in [2.05, 4.69) is 6.07 Å². The molecule has 0 aliphatic rings. The molecule has 0 unspecified atom stereocenters. The monoisotopic (exact) mass is 323 g/mol. The van der Waals surface area contributed by atoms with Crippen LogP contribution in [0.2, 0.25) is 5.02 Å². The van der Waals surface area contributed by atoms with Crippen molar-refractivity contribution < 1.29 is 19.0 Å². The number of ether oxygens (including phenoxy) is 2. The van der Waals surface area contributed by atoms with E-state index >= 15 is 0 Å². The quantitative estimate of drug-likeness (QED) is 0.805. The second kappa shape index (κ2) is 7.36. The van der Waals surface area contributed by atoms with Crippen molar-refractivity contribution in [3.8, 4) is 17.2 Å². The van der Waals surface area contributed by atoms with Crippen molar-refractivity contribution in [3.63, 3.8) is 0 Å². The van der Waals surface area contributed by atoms with Gasteiger partial charge in [0.15, 0.2) is 11.5 Å². The SMILES string of the molecule is COc1c(Cl)c(C)[c]c(O)c1OCCCc1ccc(F)cc1. The second-order valence-corrected chi connectivity index (χ2v) is 5.23. The zero-order chi connectivity index (χ0) is 16.1. The van der Waals surface area contributed by atoms with Gasteiger partial charge >= 0.3 is 0 Å². The van der Waals surface area contributed by atoms with E-state index in [4.69, 9.17) is 21.1 Å². The first-order valence-corrected chi connectivity index (χ1v) is 7.26. The zero-order valence-corrected chi connectivity index (χ0v) is 13.2. The van der Waals surface area contributed by atoms with Crippen molar-refractivity contribution in [2.45, 2.75) is 19.8 Å². The summed E-state index contributed by atoms with van der Waals surface area (Å²) in [6, 6.07) is 9.06. The number of benzene rings is 2. The molecule has 1 radical (unpaired) electrons. The molecule has 0 fully saturated rings. The van der Waals surface area contributed by atoms with E-state index in [0.29, 0.717) is 29.4 Å². The molecular formula is C17H17ClFO3. The highest BCUT2D eigenvalue weighted by Gasteiger charge is 2.17. The highest BCUT2D eigenvalue weighted by atomic mass is 35.5. The van der Waals surface area contributed by atoms with Crippen molar-refractivity contribution in [2.75, 3.05) is 13.7 Å². The van der Waals surface area contributed by atoms with E-state index in [1.807, 2.05) is 0 Å². The van der Waals surface area contributed by atoms with Crippen LogP contribution in [0.15, 0.2) is 24.3 Å². The van der Waals surface area contributed by atoms with Gasteiger partial charge in [0.2, 0.25) is 5.75 Å². The Bertz CT molecular complexity index is 641. The van der Waals surface area contributed by atoms with Gasteiger partial charge in [0.25, 0.3) is 0 Å². The summed E-state index contributed by atoms with van der Waals surface area (Å²) in [7, 11) is 1.46. The molecule has 0 bridgehead atoms. The minimum atomic E-state index is -0.250. The number of hydrogen-bond donors (Lipinski definition) is 1. The first-order valence-electron chi connectivity index (χ1n) is 6.88. The minimum Gasteiger partial charge on any atom is -0.504 e. The van der Waals surface area contributed by atoms with Gasteiger partial charge in [-0.2, -0.15) is 0 Å². The second-order valence-electron chi connectivity index (χ2n) is 4.85. The molecular weight excluding hydrogens is 307 g/mol. The average Bonchev–Trinajstić information content (AvgIpc) is 2.50. The third-order valence-corrected chi connectivity index (χ3v) is 3.68. The van der Waals surface area contributed by atoms with Crippen LogP contribution < -0.4 is 9.47 Å². The maximum absolute atomic E-state index is 12.8. The smallest absolute Gasteiger partial charge is 0.205 e. The van der Waals surface area contributed by atoms with Crippen LogP contribution in [0.5, 0.6) is 17.2 Å². The van der Waals surface area contributed by atoms with E-state index in [-0.39, 0.29) is 17.3 Å². The van der Waals surface area contributed by atoms with Crippen LogP contribution in [0.25, 0.3) is 0 Å². The largest absolute Gasteiger partial charge is 0.504 e. The van der Waals surface area contributed by atoms with Gasteiger partial charge in [-0.15, -0.1) is 0 Å². The van der Waals surface area contributed by atoms with E-state index in [0.717, 1.165) is 12.0 Å². The van der Waals surface area contributed by atoms with Gasteiger partial charge in [0, 0.05) is 6.07 Å². The van der Waals surface area contributed by atoms with Crippen molar-refractivity contribution in [1.82, 2.24) is 0 Å². The number of halogens is 2. The topological polar surface area (TPSA) is 38.7 Å². The number of aryl methyl sites for hydroxylation is 2. The zero-order valence-electron chi connectivity index (χ0n) is 12.5. The van der Waals surface area contributed by atoms with Gasteiger partial charge in [-0.3, -0.25) is 0 Å². The number of phenols is 1. The van der Waals surface area contributed by atoms with E-state index < -0.39 is 0 Å². The Morgan fingerprint density at radius 2 is 1.91 bits per heavy atom. The van der Waals surface area contributed by atoms with Crippen LogP contribution >= 0.6 is 11.6 Å². The molecule has 3 nitrogen and oxygen atoms in total. The molecule has 0 heterocycles. The first-order chi connectivity index (χ1) is 10.5. The molecule has 2 aromatic carbocycles. The molecule has 2 aromatic rings. The van der Waals surface area contributed by atoms with Gasteiger partial charge in [-0.25, -0.2) is 4.39 Å². The summed E-state index contributed by atoms with van der Waals surface area (Å²) in [5.41, 5.74) is 1.62. The summed E-state index contributed by atoms with van der Waals surface area (Å²) in [4.78, 5) is 0. The Hall–Kier alpha value is -1.94. The molecule has 0 aliphatic carbocycles. The van der Waals surface area contributed by atoms with Crippen molar-refractivity contribution in [1.29, 1.82) is 0 Å². The fourth-order valence-electron chi connectivity index (χ4n) is 2.08. The molecule has 0 saturated heterocycles. The average molecular weight is 324 g/mol. The lowest BCUT2D eigenvalue weighted by atomic mass is 10.1. The Balaban J connectivity index is 1.97. The van der Waals surface area contributed by atoms with Crippen LogP contribution in [-0.2, 0) is 6.42 Å². The van der Waals surface area contributed by atoms with E-state index in [9.17, 15) is 9.50 Å². The molecule has 1 N–H and O–H groups in total. The molecule has 0 atom stereocenters. The van der Waals surface area contributed by atoms with Crippen LogP contribution in [0.1, 0.15) is 17.5 Å². The van der Waals surface area contributed by atoms with Gasteiger partial charge in [-0.05, 0) is 43.0 Å². The standard InChI is InChI=1S/C17H17ClFO3/c1-11-10-14(20)16(17(21-2)15(11)18)22-9-3-4-12-5-7-13(19)8-6-12/h5-8,20H,3-4,9H2,1-2H3. The third kappa shape index (κ3) is 3.83. The first kappa shape index (κ1) is 16.4. The molecule has 0 spiro atoms. The van der Waals surface area contributed by atoms with Gasteiger partial charge in [-0.1, -0.05) is 23.7 Å². The van der Waals surface area contributed by atoms with Crippen LogP contribution in [0.3, 0.4) is 0 Å². The molecule has 5 heteroatoms. The number of rotatable bonds is 6. The summed E-state index contributed by atoms with van der Waals surface area (Å²) >= 11 is 6.11. The Labute approximate surface area is 134 Å². The molecule has 0 amide bonds. The molecule has 0 aromatic heterocycles. The maximum atomic E-state index is 12.8. The summed E-state index contributed by atoms with van der Waals surface area (Å²) in [6.45, 7) is 2.09. The summed E-state index contributed by atoms with van der Waals surface area (Å²) in [6.07, 6.45) is 1.45. The predicted octanol–water partition coefficient (Wildman–Crippen LogP) is 4.31. The lowest BCUT2D eigenvalue weighted by Gasteiger charge is -2.14. The predicted molar refractivity (Wildman–Crippen MR) is 83.5 cm³/mol. The van der Waals surface area contributed by atoms with Crippen molar-refractivity contribution in [3.05, 3.63) is 52.3 Å². The Morgan fingerprint density at radius 3 is 2.55 bits per heavy atom. The summed E-state index contributed by atoms with van der Waals surface area (Å²) in [5, 5.41) is 10.3. The number of phenolic OH excluding ortho intramolecular Hbond substituents is 1. The van der Waals surface area contributed by atoms with Crippen LogP contribution in [0, 0.1) is 18.8 Å². The van der Waals surface area contributed by atoms with Gasteiger partial charge in [0.05, 0.1) is 18.7 Å². The van der Waals surface area contributed by atoms with Gasteiger partial charge in [0.1, 0.15) is 5.82 Å². The maximum Gasteiger partial charge on any atom is 0.205 e. The molecule has 0 saturated carbocycles. The summed E-state index contributed by atoms with van der Waals surface area (Å²) in [5.74, 6) is 0.120. The van der Waals surface area contributed by atoms with Crippen LogP contribution in [-0.4, -0.2) is 18.8 Å². The number of aromatic hydroxyl groups is 1. The Morgan fingerprint density at radius 1 is 1.23 bits per heavy atom. The lowest BCUT2D eigenvalue weighted by molar-refractivity contribution is 0.274. The fourth-order valence-corrected chi connectivity index (χ4v) is 2.29. The fraction of sp³-hybridized carbons (Fsp3) is 0.294. The van der Waals surface area contributed by atoms with Crippen LogP contribution in [0.4, 0.5) is 4.39 Å². The normalized spacial score (nSPS) is 10.5. The van der Waals surface area contributed by atoms with Gasteiger partial charge < -0.3 is 14.6 Å². The Kier molecular flexibility index (Phi) is 5.50. The molecule has 117 valence electrons. The van der Waals surface area contributed by atoms with Crippen molar-refractivity contribution >= 4 is 11.6 Å². The highest BCUT2D eigenvalue weighted by molar-refractivity contribution is 6.33. The molecule has 22 heavy (non-hydrogen) atoms. The van der Waals surface area contributed by atoms with E-state index in [1.54, 1.807) is 19.1 Å². The number of hydrogen-bond acceptors (Lipinski definition) is 3. The molecule has 2 rings (SSSR count). The van der Waals surface area contributed by atoms with E-state index in [1.165, 1.54) is 19.2 Å². The highest BCUT2D eigenvalue weighted by Crippen LogP contribution is 2.43. The van der Waals surface area contributed by atoms with Crippen molar-refractivity contribution in [2.24, 2.45) is 0 Å². The lowest BCUT2D eigenvalue weighted by Crippen LogP contribution is -2.02. The number of methoxy groups -OCH3 is 1. The third-order valence-electron chi connectivity index (χ3n) is 3.23. The minimum absolute atomic E-state index is 0.125. The molecule has 0 aliphatic heterocycles. The summed E-state index contributed by atoms with van der Waals surface area (Å²) < 4.78 is 23.6.